The third-order valence-electron chi connectivity index (χ3n) is 2.66. The fourth-order valence-corrected chi connectivity index (χ4v) is 1.41. The van der Waals surface area contributed by atoms with E-state index in [4.69, 9.17) is 24.5 Å². The molecule has 0 saturated heterocycles. The topological polar surface area (TPSA) is 22.3 Å². The van der Waals surface area contributed by atoms with Gasteiger partial charge < -0.3 is 4.74 Å². The number of nitrogens with zero attached hydrogens (tertiary/aromatic N) is 3. The molecular formula is C11H6F3N3O. The van der Waals surface area contributed by atoms with E-state index >= 15 is 0 Å². The molecule has 1 heterocycles. The number of rotatable bonds is 0. The molecule has 0 bridgehead atoms. The van der Waals surface area contributed by atoms with Crippen molar-refractivity contribution in [1.82, 2.24) is 0 Å². The van der Waals surface area contributed by atoms with Gasteiger partial charge in [-0.25, -0.2) is 4.85 Å². The summed E-state index contributed by atoms with van der Waals surface area (Å²) in [5, 5.41) is 0. The molecule has 18 heavy (non-hydrogen) atoms. The van der Waals surface area contributed by atoms with Gasteiger partial charge in [0.2, 0.25) is 17.1 Å². The lowest BCUT2D eigenvalue weighted by atomic mass is 9.97. The van der Waals surface area contributed by atoms with Crippen molar-refractivity contribution >= 4 is 0 Å². The lowest BCUT2D eigenvalue weighted by Crippen LogP contribution is -2.43. The summed E-state index contributed by atoms with van der Waals surface area (Å²) in [5.74, 6) is -1.26. The van der Waals surface area contributed by atoms with Gasteiger partial charge >= 0.3 is 12.0 Å². The molecule has 1 rings (SSSR count). The summed E-state index contributed by atoms with van der Waals surface area (Å²) in [5.41, 5.74) is -3.43. The van der Waals surface area contributed by atoms with E-state index in [2.05, 4.69) is 14.5 Å². The molecule has 1 unspecified atom stereocenters. The summed E-state index contributed by atoms with van der Waals surface area (Å²) in [6.07, 6.45) is -4.73. The van der Waals surface area contributed by atoms with Crippen molar-refractivity contribution < 1.29 is 17.9 Å². The minimum atomic E-state index is -4.73. The minimum Gasteiger partial charge on any atom is -0.489 e. The number of ether oxygens (including phenoxy) is 1. The van der Waals surface area contributed by atoms with E-state index in [0.717, 1.165) is 13.8 Å². The van der Waals surface area contributed by atoms with Gasteiger partial charge in [0.05, 0.1) is 6.57 Å². The first kappa shape index (κ1) is 13.6. The van der Waals surface area contributed by atoms with E-state index < -0.39 is 29.1 Å². The molecule has 0 spiro atoms. The predicted molar refractivity (Wildman–Crippen MR) is 55.1 cm³/mol. The quantitative estimate of drug-likeness (QED) is 0.605. The van der Waals surface area contributed by atoms with E-state index in [9.17, 15) is 13.2 Å². The molecule has 0 N–H and O–H groups in total. The molecule has 0 fully saturated rings. The second-order valence-electron chi connectivity index (χ2n) is 3.59. The fraction of sp³-hybridized carbons (Fsp3) is 0.364. The van der Waals surface area contributed by atoms with Crippen molar-refractivity contribution in [3.05, 3.63) is 57.1 Å². The monoisotopic (exact) mass is 253 g/mol. The van der Waals surface area contributed by atoms with Gasteiger partial charge in [-0.15, -0.1) is 0 Å². The first-order chi connectivity index (χ1) is 8.22. The van der Waals surface area contributed by atoms with Crippen LogP contribution in [0.3, 0.4) is 0 Å². The Morgan fingerprint density at radius 2 is 1.72 bits per heavy atom. The molecule has 0 aromatic carbocycles. The van der Waals surface area contributed by atoms with Crippen LogP contribution in [0.4, 0.5) is 13.2 Å². The predicted octanol–water partition coefficient (Wildman–Crippen LogP) is 3.54. The molecule has 0 aromatic rings. The van der Waals surface area contributed by atoms with Crippen LogP contribution in [-0.2, 0) is 4.74 Å². The van der Waals surface area contributed by atoms with Crippen molar-refractivity contribution in [2.24, 2.45) is 0 Å². The van der Waals surface area contributed by atoms with Crippen molar-refractivity contribution in [1.29, 1.82) is 0 Å². The highest BCUT2D eigenvalue weighted by molar-refractivity contribution is 5.50. The average molecular weight is 253 g/mol. The highest BCUT2D eigenvalue weighted by atomic mass is 19.4. The van der Waals surface area contributed by atoms with Gasteiger partial charge in [-0.1, -0.05) is 0 Å². The molecule has 1 atom stereocenters. The molecule has 1 aliphatic heterocycles. The first-order valence-corrected chi connectivity index (χ1v) is 4.57. The van der Waals surface area contributed by atoms with Crippen molar-refractivity contribution in [3.63, 3.8) is 0 Å². The molecule has 0 amide bonds. The number of hydrogen-bond donors (Lipinski definition) is 0. The maximum atomic E-state index is 12.9. The highest BCUT2D eigenvalue weighted by Gasteiger charge is 2.60. The molecule has 7 heteroatoms. The van der Waals surface area contributed by atoms with Crippen LogP contribution >= 0.6 is 0 Å². The van der Waals surface area contributed by atoms with Gasteiger partial charge in [-0.2, -0.15) is 22.9 Å². The third kappa shape index (κ3) is 1.69. The molecule has 1 aliphatic rings. The van der Waals surface area contributed by atoms with Crippen LogP contribution < -0.4 is 0 Å². The molecule has 0 aliphatic carbocycles. The van der Waals surface area contributed by atoms with E-state index in [0.29, 0.717) is 0 Å². The number of halogens is 3. The van der Waals surface area contributed by atoms with Gasteiger partial charge in [0.1, 0.15) is 13.1 Å². The van der Waals surface area contributed by atoms with E-state index in [1.165, 1.54) is 0 Å². The number of alkyl halides is 3. The van der Waals surface area contributed by atoms with E-state index in [1.807, 2.05) is 0 Å². The van der Waals surface area contributed by atoms with Crippen molar-refractivity contribution in [2.45, 2.75) is 25.6 Å². The zero-order valence-corrected chi connectivity index (χ0v) is 9.38. The average Bonchev–Trinajstić information content (AvgIpc) is 2.54. The Morgan fingerprint density at radius 1 is 1.22 bits per heavy atom. The fourth-order valence-electron chi connectivity index (χ4n) is 1.41. The molecule has 92 valence electrons. The van der Waals surface area contributed by atoms with Gasteiger partial charge in [0, 0.05) is 0 Å². The lowest BCUT2D eigenvalue weighted by Gasteiger charge is -2.29. The van der Waals surface area contributed by atoms with Crippen LogP contribution in [0.5, 0.6) is 0 Å². The zero-order valence-electron chi connectivity index (χ0n) is 9.38. The zero-order chi connectivity index (χ0) is 14.1. The van der Waals surface area contributed by atoms with Gasteiger partial charge in [0.25, 0.3) is 0 Å². The minimum absolute atomic E-state index is 0.343. The molecule has 0 saturated carbocycles. The van der Waals surface area contributed by atoms with Crippen LogP contribution in [0.15, 0.2) is 22.9 Å². The SMILES string of the molecule is [C-]#[N+]C([N+]#[C-])=C1OC(C)(C(F)(F)F)C(C)=C1[N+]#[C-]. The van der Waals surface area contributed by atoms with E-state index in [1.54, 1.807) is 0 Å². The first-order valence-electron chi connectivity index (χ1n) is 4.57. The third-order valence-corrected chi connectivity index (χ3v) is 2.66. The Bertz CT molecular complexity index is 565. The standard InChI is InChI=1S/C11H6F3N3O/c1-6-7(15-3)8(9(16-4)17-5)18-10(6,2)11(12,13)14/h1-2H3. The Morgan fingerprint density at radius 3 is 2.06 bits per heavy atom. The molecular weight excluding hydrogens is 247 g/mol. The van der Waals surface area contributed by atoms with Gasteiger partial charge in [-0.05, 0) is 19.4 Å². The summed E-state index contributed by atoms with van der Waals surface area (Å²) in [6, 6.07) is 0. The molecule has 0 aromatic heterocycles. The maximum absolute atomic E-state index is 12.9. The summed E-state index contributed by atoms with van der Waals surface area (Å²) < 4.78 is 43.4. The Labute approximate surface area is 101 Å². The molecule has 4 nitrogen and oxygen atoms in total. The Hall–Kier alpha value is -2.46. The summed E-state index contributed by atoms with van der Waals surface area (Å²) in [7, 11) is 0. The van der Waals surface area contributed by atoms with Gasteiger partial charge in [-0.3, -0.25) is 0 Å². The second kappa shape index (κ2) is 4.09. The van der Waals surface area contributed by atoms with Crippen LogP contribution in [0.2, 0.25) is 0 Å². The highest BCUT2D eigenvalue weighted by Crippen LogP contribution is 2.49. The lowest BCUT2D eigenvalue weighted by molar-refractivity contribution is -0.237. The summed E-state index contributed by atoms with van der Waals surface area (Å²) in [4.78, 5) is 8.48. The Balaban J connectivity index is 3.58. The van der Waals surface area contributed by atoms with Crippen LogP contribution in [0.25, 0.3) is 14.5 Å². The van der Waals surface area contributed by atoms with Crippen LogP contribution in [-0.4, -0.2) is 11.8 Å². The van der Waals surface area contributed by atoms with E-state index in [-0.39, 0.29) is 5.57 Å². The number of hydrogen-bond acceptors (Lipinski definition) is 1. The van der Waals surface area contributed by atoms with Gasteiger partial charge in [0.15, 0.2) is 0 Å². The van der Waals surface area contributed by atoms with Crippen molar-refractivity contribution in [3.8, 4) is 0 Å². The summed E-state index contributed by atoms with van der Waals surface area (Å²) in [6.45, 7) is 22.2. The van der Waals surface area contributed by atoms with Crippen LogP contribution in [0.1, 0.15) is 13.8 Å². The second-order valence-corrected chi connectivity index (χ2v) is 3.59. The van der Waals surface area contributed by atoms with Crippen LogP contribution in [0, 0.1) is 19.7 Å². The Kier molecular flexibility index (Phi) is 3.09. The summed E-state index contributed by atoms with van der Waals surface area (Å²) >= 11 is 0. The smallest absolute Gasteiger partial charge is 0.489 e. The van der Waals surface area contributed by atoms with Crippen molar-refractivity contribution in [2.75, 3.05) is 0 Å². The maximum Gasteiger partial charge on any atom is 0.550 e. The largest absolute Gasteiger partial charge is 0.550 e. The normalized spacial score (nSPS) is 22.9. The molecule has 0 radical (unpaired) electrons.